The Bertz CT molecular complexity index is 580. The first-order valence-corrected chi connectivity index (χ1v) is 5.78. The highest BCUT2D eigenvalue weighted by Gasteiger charge is 2.89. The molecule has 0 saturated carbocycles. The molecule has 0 fully saturated rings. The average Bonchev–Trinajstić information content (AvgIpc) is 2.23. The van der Waals surface area contributed by atoms with Crippen LogP contribution in [-0.4, -0.2) is 48.8 Å². The van der Waals surface area contributed by atoms with Crippen molar-refractivity contribution in [1.29, 1.82) is 0 Å². The van der Waals surface area contributed by atoms with E-state index >= 15 is 0 Å². The van der Waals surface area contributed by atoms with E-state index in [1.807, 2.05) is 4.18 Å². The Morgan fingerprint density at radius 1 is 0.783 bits per heavy atom. The summed E-state index contributed by atoms with van der Waals surface area (Å²) in [5.74, 6) is -30.3. The highest BCUT2D eigenvalue weighted by Crippen LogP contribution is 2.57. The Labute approximate surface area is 117 Å². The molecule has 0 aromatic heterocycles. The molecule has 23 heavy (non-hydrogen) atoms. The van der Waals surface area contributed by atoms with E-state index in [0.717, 1.165) is 0 Å². The maximum absolute atomic E-state index is 13.2. The summed E-state index contributed by atoms with van der Waals surface area (Å²) in [7, 11) is -6.73. The maximum atomic E-state index is 13.2. The van der Waals surface area contributed by atoms with Gasteiger partial charge in [-0.3, -0.25) is 9.35 Å². The molecule has 5 nitrogen and oxygen atoms in total. The van der Waals surface area contributed by atoms with Crippen molar-refractivity contribution in [2.45, 2.75) is 29.8 Å². The minimum absolute atomic E-state index is 1.95. The first-order valence-electron chi connectivity index (χ1n) is 4.42. The average molecular weight is 394 g/mol. The van der Waals surface area contributed by atoms with Gasteiger partial charge in [0.05, 0.1) is 0 Å². The molecule has 17 heteroatoms. The fraction of sp³-hybridized carbons (Fsp3) is 0.833. The van der Waals surface area contributed by atoms with Gasteiger partial charge in [-0.1, -0.05) is 0 Å². The lowest BCUT2D eigenvalue weighted by atomic mass is 9.97. The molecular formula is C6HF11O5S. The molecule has 1 N–H and O–H groups in total. The Hall–Kier alpha value is -1.23. The minimum Gasteiger partial charge on any atom is -0.263 e. The molecular weight excluding hydrogens is 393 g/mol. The van der Waals surface area contributed by atoms with Crippen molar-refractivity contribution >= 4 is 16.4 Å². The molecule has 0 bridgehead atoms. The highest BCUT2D eigenvalue weighted by molar-refractivity contribution is 7.81. The zero-order valence-corrected chi connectivity index (χ0v) is 10.5. The molecule has 0 aromatic rings. The maximum Gasteiger partial charge on any atom is 0.460 e. The van der Waals surface area contributed by atoms with Gasteiger partial charge in [0.25, 0.3) is 0 Å². The summed E-state index contributed by atoms with van der Waals surface area (Å²) >= 11 is 0. The number of alkyl halides is 10. The second-order valence-electron chi connectivity index (χ2n) is 3.60. The lowest BCUT2D eigenvalue weighted by Gasteiger charge is -2.37. The molecule has 1 unspecified atom stereocenters. The second kappa shape index (κ2) is 5.40. The van der Waals surface area contributed by atoms with Gasteiger partial charge in [-0.15, -0.1) is 0 Å². The highest BCUT2D eigenvalue weighted by atomic mass is 32.3. The zero-order valence-electron chi connectivity index (χ0n) is 9.65. The molecule has 0 aliphatic rings. The van der Waals surface area contributed by atoms with E-state index in [1.165, 1.54) is 0 Å². The van der Waals surface area contributed by atoms with Crippen LogP contribution in [0.4, 0.5) is 48.3 Å². The second-order valence-corrected chi connectivity index (χ2v) is 4.62. The predicted molar refractivity (Wildman–Crippen MR) is 43.5 cm³/mol. The molecule has 0 aromatic carbocycles. The minimum atomic E-state index is -7.92. The van der Waals surface area contributed by atoms with E-state index in [0.29, 0.717) is 0 Å². The number of carbonyl (C=O) groups is 1. The van der Waals surface area contributed by atoms with Gasteiger partial charge >= 0.3 is 46.2 Å². The number of halogens is 11. The Kier molecular flexibility index (Phi) is 5.11. The largest absolute Gasteiger partial charge is 0.460 e. The van der Waals surface area contributed by atoms with E-state index in [-0.39, 0.29) is 0 Å². The lowest BCUT2D eigenvalue weighted by Crippen LogP contribution is -2.69. The quantitative estimate of drug-likeness (QED) is 0.425. The third-order valence-electron chi connectivity index (χ3n) is 2.02. The summed E-state index contributed by atoms with van der Waals surface area (Å²) in [5.41, 5.74) is 0. The van der Waals surface area contributed by atoms with Crippen molar-refractivity contribution in [2.75, 3.05) is 0 Å². The van der Waals surface area contributed by atoms with Gasteiger partial charge in [0.2, 0.25) is 0 Å². The van der Waals surface area contributed by atoms with Crippen molar-refractivity contribution in [1.82, 2.24) is 0 Å². The van der Waals surface area contributed by atoms with Gasteiger partial charge in [0, 0.05) is 0 Å². The van der Waals surface area contributed by atoms with Crippen LogP contribution in [0, 0.1) is 0 Å². The monoisotopic (exact) mass is 394 g/mol. The molecule has 1 atom stereocenters. The van der Waals surface area contributed by atoms with Gasteiger partial charge in [0.15, 0.2) is 0 Å². The Morgan fingerprint density at radius 3 is 1.35 bits per heavy atom. The van der Waals surface area contributed by atoms with Crippen molar-refractivity contribution in [3.63, 3.8) is 0 Å². The van der Waals surface area contributed by atoms with E-state index < -0.39 is 46.2 Å². The molecule has 0 rings (SSSR count). The van der Waals surface area contributed by atoms with E-state index in [9.17, 15) is 61.5 Å². The van der Waals surface area contributed by atoms with Gasteiger partial charge in [0.1, 0.15) is 0 Å². The Morgan fingerprint density at radius 2 is 1.13 bits per heavy atom. The molecule has 0 radical (unpaired) electrons. The molecule has 0 spiro atoms. The third-order valence-corrected chi connectivity index (χ3v) is 2.46. The lowest BCUT2D eigenvalue weighted by molar-refractivity contribution is -0.421. The van der Waals surface area contributed by atoms with Crippen LogP contribution in [0.1, 0.15) is 0 Å². The van der Waals surface area contributed by atoms with E-state index in [4.69, 9.17) is 4.55 Å². The third kappa shape index (κ3) is 3.35. The summed E-state index contributed by atoms with van der Waals surface area (Å²) in [4.78, 5) is 9.93. The SMILES string of the molecule is O=C(F)C(F)(OS(=O)(=O)O)C(F)(F)C(F)(F)C(F)(F)C(F)(F)F. The summed E-state index contributed by atoms with van der Waals surface area (Å²) < 4.78 is 166. The summed E-state index contributed by atoms with van der Waals surface area (Å²) in [6.07, 6.45) is -7.46. The Balaban J connectivity index is 6.44. The van der Waals surface area contributed by atoms with Crippen LogP contribution in [0.3, 0.4) is 0 Å². The van der Waals surface area contributed by atoms with Crippen molar-refractivity contribution in [2.24, 2.45) is 0 Å². The predicted octanol–water partition coefficient (Wildman–Crippen LogP) is 2.44. The summed E-state index contributed by atoms with van der Waals surface area (Å²) in [6, 6.07) is -4.54. The fourth-order valence-electron chi connectivity index (χ4n) is 0.931. The van der Waals surface area contributed by atoms with Gasteiger partial charge in [-0.2, -0.15) is 60.9 Å². The van der Waals surface area contributed by atoms with Crippen molar-refractivity contribution in [3.8, 4) is 0 Å². The van der Waals surface area contributed by atoms with Crippen LogP contribution in [0.5, 0.6) is 0 Å². The van der Waals surface area contributed by atoms with E-state index in [2.05, 4.69) is 0 Å². The fourth-order valence-corrected chi connectivity index (χ4v) is 1.39. The number of carbonyl (C=O) groups excluding carboxylic acids is 1. The smallest absolute Gasteiger partial charge is 0.263 e. The van der Waals surface area contributed by atoms with Crippen molar-refractivity contribution < 1.29 is 70.2 Å². The van der Waals surface area contributed by atoms with Crippen molar-refractivity contribution in [3.05, 3.63) is 0 Å². The standard InChI is InChI=1S/C6HF11O5S/c7-1(18)2(8,22-23(19,20)21)3(9,10)4(11,12)5(13,14)6(15,16)17/h(H,19,20,21). The van der Waals surface area contributed by atoms with E-state index in [1.54, 1.807) is 0 Å². The van der Waals surface area contributed by atoms with Crippen LogP contribution in [0.2, 0.25) is 0 Å². The van der Waals surface area contributed by atoms with Gasteiger partial charge in [-0.05, 0) is 0 Å². The normalized spacial score (nSPS) is 17.7. The topological polar surface area (TPSA) is 80.7 Å². The van der Waals surface area contributed by atoms with Crippen LogP contribution >= 0.6 is 0 Å². The zero-order chi connectivity index (χ0) is 19.3. The van der Waals surface area contributed by atoms with Crippen LogP contribution in [0.15, 0.2) is 0 Å². The van der Waals surface area contributed by atoms with Crippen LogP contribution in [0.25, 0.3) is 0 Å². The first kappa shape index (κ1) is 21.8. The molecule has 0 amide bonds. The number of hydrogen-bond acceptors (Lipinski definition) is 4. The van der Waals surface area contributed by atoms with Gasteiger partial charge < -0.3 is 0 Å². The molecule has 0 aliphatic heterocycles. The molecule has 0 aliphatic carbocycles. The molecule has 0 heterocycles. The van der Waals surface area contributed by atoms with Crippen LogP contribution in [-0.2, 0) is 19.4 Å². The van der Waals surface area contributed by atoms with Crippen LogP contribution < -0.4 is 0 Å². The summed E-state index contributed by atoms with van der Waals surface area (Å²) in [5, 5.41) is 0. The molecule has 138 valence electrons. The molecule has 0 saturated heterocycles. The number of rotatable bonds is 6. The summed E-state index contributed by atoms with van der Waals surface area (Å²) in [6.45, 7) is 0. The number of hydrogen-bond donors (Lipinski definition) is 1. The van der Waals surface area contributed by atoms with Gasteiger partial charge in [-0.25, -0.2) is 0 Å². The first-order chi connectivity index (χ1) is 9.65.